The summed E-state index contributed by atoms with van der Waals surface area (Å²) in [5.74, 6) is -0.212. The van der Waals surface area contributed by atoms with E-state index in [0.717, 1.165) is 5.56 Å². The predicted molar refractivity (Wildman–Crippen MR) is 124 cm³/mol. The first-order chi connectivity index (χ1) is 15.3. The highest BCUT2D eigenvalue weighted by molar-refractivity contribution is 7.93. The Balaban J connectivity index is 1.30. The van der Waals surface area contributed by atoms with Crippen LogP contribution in [0.25, 0.3) is 6.08 Å². The number of hydrogen-bond acceptors (Lipinski definition) is 4. The minimum absolute atomic E-state index is 0.0835. The zero-order chi connectivity index (χ0) is 22.7. The molecular weight excluding hydrogens is 453 g/mol. The standard InChI is InChI=1S/C23H25ClFN3O3S/c24-21-3-1-4-22(25)20(21)17-26-12-14-27(15-13-26)23(29)10-7-18-5-8-19(9-6-18)28-11-2-16-32(28,30)31/h1,3-10H,2,11-17H2/b10-7+. The Hall–Kier alpha value is -2.42. The highest BCUT2D eigenvalue weighted by Crippen LogP contribution is 2.25. The fourth-order valence-electron chi connectivity index (χ4n) is 3.99. The van der Waals surface area contributed by atoms with Crippen LogP contribution in [0.3, 0.4) is 0 Å². The molecule has 9 heteroatoms. The molecule has 0 aliphatic carbocycles. The molecule has 0 atom stereocenters. The normalized spacial score (nSPS) is 19.1. The van der Waals surface area contributed by atoms with E-state index in [4.69, 9.17) is 11.6 Å². The number of halogens is 2. The molecule has 0 unspecified atom stereocenters. The third kappa shape index (κ3) is 5.14. The molecule has 6 nitrogen and oxygen atoms in total. The summed E-state index contributed by atoms with van der Waals surface area (Å²) in [4.78, 5) is 16.4. The smallest absolute Gasteiger partial charge is 0.246 e. The Bertz CT molecular complexity index is 1090. The van der Waals surface area contributed by atoms with Gasteiger partial charge in [0.15, 0.2) is 0 Å². The van der Waals surface area contributed by atoms with E-state index in [1.807, 2.05) is 12.1 Å². The molecule has 0 aromatic heterocycles. The zero-order valence-corrected chi connectivity index (χ0v) is 19.2. The van der Waals surface area contributed by atoms with Gasteiger partial charge in [-0.3, -0.25) is 14.0 Å². The van der Waals surface area contributed by atoms with Crippen molar-refractivity contribution in [1.29, 1.82) is 0 Å². The van der Waals surface area contributed by atoms with Crippen molar-refractivity contribution in [2.24, 2.45) is 0 Å². The quantitative estimate of drug-likeness (QED) is 0.619. The molecule has 32 heavy (non-hydrogen) atoms. The summed E-state index contributed by atoms with van der Waals surface area (Å²) in [6, 6.07) is 11.8. The van der Waals surface area contributed by atoms with Crippen molar-refractivity contribution in [2.75, 3.05) is 42.8 Å². The number of amides is 1. The number of carbonyl (C=O) groups is 1. The zero-order valence-electron chi connectivity index (χ0n) is 17.6. The molecule has 0 spiro atoms. The number of sulfonamides is 1. The summed E-state index contributed by atoms with van der Waals surface area (Å²) in [6.45, 7) is 3.32. The SMILES string of the molecule is O=C(/C=C/c1ccc(N2CCCS2(=O)=O)cc1)N1CCN(Cc2c(F)cccc2Cl)CC1. The van der Waals surface area contributed by atoms with Crippen molar-refractivity contribution in [2.45, 2.75) is 13.0 Å². The van der Waals surface area contributed by atoms with E-state index in [9.17, 15) is 17.6 Å². The van der Waals surface area contributed by atoms with E-state index in [-0.39, 0.29) is 17.5 Å². The first kappa shape index (κ1) is 22.8. The van der Waals surface area contributed by atoms with Gasteiger partial charge in [0.25, 0.3) is 0 Å². The van der Waals surface area contributed by atoms with Crippen LogP contribution in [0.2, 0.25) is 5.02 Å². The number of nitrogens with zero attached hydrogens (tertiary/aromatic N) is 3. The van der Waals surface area contributed by atoms with Gasteiger partial charge in [0, 0.05) is 55.9 Å². The summed E-state index contributed by atoms with van der Waals surface area (Å²) in [5.41, 5.74) is 1.96. The van der Waals surface area contributed by atoms with E-state index < -0.39 is 10.0 Å². The lowest BCUT2D eigenvalue weighted by molar-refractivity contribution is -0.127. The summed E-state index contributed by atoms with van der Waals surface area (Å²) < 4.78 is 39.5. The van der Waals surface area contributed by atoms with Crippen LogP contribution in [-0.2, 0) is 21.4 Å². The van der Waals surface area contributed by atoms with Gasteiger partial charge in [0.1, 0.15) is 5.82 Å². The molecule has 2 aromatic carbocycles. The van der Waals surface area contributed by atoms with Gasteiger partial charge in [-0.25, -0.2) is 12.8 Å². The predicted octanol–water partition coefficient (Wildman–Crippen LogP) is 3.38. The highest BCUT2D eigenvalue weighted by Gasteiger charge is 2.28. The largest absolute Gasteiger partial charge is 0.337 e. The van der Waals surface area contributed by atoms with Gasteiger partial charge in [-0.15, -0.1) is 0 Å². The van der Waals surface area contributed by atoms with Gasteiger partial charge < -0.3 is 4.90 Å². The van der Waals surface area contributed by atoms with Gasteiger partial charge in [0.05, 0.1) is 11.4 Å². The van der Waals surface area contributed by atoms with Crippen LogP contribution in [0.5, 0.6) is 0 Å². The maximum Gasteiger partial charge on any atom is 0.246 e. The monoisotopic (exact) mass is 477 g/mol. The van der Waals surface area contributed by atoms with E-state index in [2.05, 4.69) is 4.90 Å². The maximum atomic E-state index is 14.0. The molecular formula is C23H25ClFN3O3S. The second-order valence-electron chi connectivity index (χ2n) is 7.97. The molecule has 0 radical (unpaired) electrons. The molecule has 2 aromatic rings. The van der Waals surface area contributed by atoms with Crippen molar-refractivity contribution in [1.82, 2.24) is 9.80 Å². The fourth-order valence-corrected chi connectivity index (χ4v) is 5.77. The van der Waals surface area contributed by atoms with Crippen molar-refractivity contribution in [3.63, 3.8) is 0 Å². The molecule has 2 fully saturated rings. The van der Waals surface area contributed by atoms with Gasteiger partial charge in [-0.05, 0) is 42.3 Å². The molecule has 2 saturated heterocycles. The van der Waals surface area contributed by atoms with E-state index in [0.29, 0.717) is 62.0 Å². The maximum absolute atomic E-state index is 14.0. The first-order valence-electron chi connectivity index (χ1n) is 10.6. The number of piperazine rings is 1. The van der Waals surface area contributed by atoms with Crippen LogP contribution in [0.15, 0.2) is 48.5 Å². The minimum Gasteiger partial charge on any atom is -0.337 e. The van der Waals surface area contributed by atoms with Crippen LogP contribution in [0.1, 0.15) is 17.5 Å². The number of rotatable bonds is 5. The van der Waals surface area contributed by atoms with Gasteiger partial charge in [-0.1, -0.05) is 29.8 Å². The third-order valence-electron chi connectivity index (χ3n) is 5.83. The lowest BCUT2D eigenvalue weighted by Crippen LogP contribution is -2.47. The number of anilines is 1. The second kappa shape index (κ2) is 9.60. The average molecular weight is 478 g/mol. The fraction of sp³-hybridized carbons (Fsp3) is 0.348. The Labute approximate surface area is 192 Å². The van der Waals surface area contributed by atoms with Crippen LogP contribution >= 0.6 is 11.6 Å². The number of hydrogen-bond donors (Lipinski definition) is 0. The lowest BCUT2D eigenvalue weighted by atomic mass is 10.1. The molecule has 2 heterocycles. The van der Waals surface area contributed by atoms with Gasteiger partial charge >= 0.3 is 0 Å². The molecule has 1 amide bonds. The first-order valence-corrected chi connectivity index (χ1v) is 12.5. The number of benzene rings is 2. The summed E-state index contributed by atoms with van der Waals surface area (Å²) in [6.07, 6.45) is 3.90. The van der Waals surface area contributed by atoms with E-state index in [1.54, 1.807) is 35.2 Å². The van der Waals surface area contributed by atoms with E-state index in [1.165, 1.54) is 16.4 Å². The molecule has 0 bridgehead atoms. The Morgan fingerprint density at radius 2 is 1.75 bits per heavy atom. The molecule has 0 N–H and O–H groups in total. The lowest BCUT2D eigenvalue weighted by Gasteiger charge is -2.34. The van der Waals surface area contributed by atoms with Crippen molar-refractivity contribution >= 4 is 39.3 Å². The number of carbonyl (C=O) groups excluding carboxylic acids is 1. The highest BCUT2D eigenvalue weighted by atomic mass is 35.5. The van der Waals surface area contributed by atoms with Crippen molar-refractivity contribution in [3.05, 3.63) is 70.5 Å². The molecule has 170 valence electrons. The molecule has 4 rings (SSSR count). The van der Waals surface area contributed by atoms with E-state index >= 15 is 0 Å². The molecule has 0 saturated carbocycles. The van der Waals surface area contributed by atoms with Crippen LogP contribution < -0.4 is 4.31 Å². The topological polar surface area (TPSA) is 60.9 Å². The third-order valence-corrected chi connectivity index (χ3v) is 8.05. The van der Waals surface area contributed by atoms with Crippen LogP contribution in [0.4, 0.5) is 10.1 Å². The minimum atomic E-state index is -3.20. The van der Waals surface area contributed by atoms with Crippen molar-refractivity contribution in [3.8, 4) is 0 Å². The van der Waals surface area contributed by atoms with Crippen LogP contribution in [0, 0.1) is 5.82 Å². The van der Waals surface area contributed by atoms with Gasteiger partial charge in [0.2, 0.25) is 15.9 Å². The Kier molecular flexibility index (Phi) is 6.83. The van der Waals surface area contributed by atoms with Crippen molar-refractivity contribution < 1.29 is 17.6 Å². The van der Waals surface area contributed by atoms with Crippen LogP contribution in [-0.4, -0.2) is 62.6 Å². The second-order valence-corrected chi connectivity index (χ2v) is 10.4. The Morgan fingerprint density at radius 1 is 1.03 bits per heavy atom. The summed E-state index contributed by atoms with van der Waals surface area (Å²) >= 11 is 6.12. The van der Waals surface area contributed by atoms with Gasteiger partial charge in [-0.2, -0.15) is 0 Å². The molecule has 2 aliphatic rings. The molecule has 2 aliphatic heterocycles. The average Bonchev–Trinajstić information content (AvgIpc) is 3.14. The summed E-state index contributed by atoms with van der Waals surface area (Å²) in [7, 11) is -3.20. The summed E-state index contributed by atoms with van der Waals surface area (Å²) in [5, 5.41) is 0.416. The Morgan fingerprint density at radius 3 is 2.38 bits per heavy atom.